The molecule has 1 heterocycles. The van der Waals surface area contributed by atoms with E-state index in [9.17, 15) is 21.6 Å². The fraction of sp³-hybridized carbons (Fsp3) is 0.600. The molecule has 1 aromatic rings. The highest BCUT2D eigenvalue weighted by Crippen LogP contribution is 2.35. The standard InChI is InChI=1S/C15H21F3N2O2S/c1-2-19-11-12-7-9-20(10-8-12)23(21,22)14-6-4-3-5-13(14)15(16,17)18/h3-6,12,19H,2,7-11H2,1H3. The van der Waals surface area contributed by atoms with E-state index in [1.807, 2.05) is 6.92 Å². The van der Waals surface area contributed by atoms with E-state index in [0.717, 1.165) is 25.2 Å². The normalized spacial score (nSPS) is 18.3. The first-order chi connectivity index (χ1) is 10.8. The van der Waals surface area contributed by atoms with Crippen LogP contribution in [0.15, 0.2) is 29.2 Å². The van der Waals surface area contributed by atoms with Crippen LogP contribution >= 0.6 is 0 Å². The first kappa shape index (κ1) is 18.2. The zero-order chi connectivity index (χ0) is 17.1. The molecule has 0 atom stereocenters. The van der Waals surface area contributed by atoms with Gasteiger partial charge in [0.1, 0.15) is 0 Å². The highest BCUT2D eigenvalue weighted by Gasteiger charge is 2.39. The second kappa shape index (κ2) is 7.19. The lowest BCUT2D eigenvalue weighted by Gasteiger charge is -2.31. The molecule has 2 rings (SSSR count). The van der Waals surface area contributed by atoms with Gasteiger partial charge in [-0.2, -0.15) is 17.5 Å². The molecule has 0 aromatic heterocycles. The van der Waals surface area contributed by atoms with Crippen LogP contribution in [0.5, 0.6) is 0 Å². The van der Waals surface area contributed by atoms with E-state index >= 15 is 0 Å². The summed E-state index contributed by atoms with van der Waals surface area (Å²) < 4.78 is 65.5. The minimum Gasteiger partial charge on any atom is -0.317 e. The van der Waals surface area contributed by atoms with E-state index in [2.05, 4.69) is 5.32 Å². The largest absolute Gasteiger partial charge is 0.417 e. The Bertz CT molecular complexity index is 624. The number of hydrogen-bond donors (Lipinski definition) is 1. The fourth-order valence-electron chi connectivity index (χ4n) is 2.77. The molecule has 0 saturated carbocycles. The summed E-state index contributed by atoms with van der Waals surface area (Å²) in [6.07, 6.45) is -3.38. The lowest BCUT2D eigenvalue weighted by molar-refractivity contribution is -0.139. The number of sulfonamides is 1. The van der Waals surface area contributed by atoms with Gasteiger partial charge in [-0.15, -0.1) is 0 Å². The van der Waals surface area contributed by atoms with Crippen molar-refractivity contribution in [2.45, 2.75) is 30.8 Å². The third kappa shape index (κ3) is 4.24. The summed E-state index contributed by atoms with van der Waals surface area (Å²) >= 11 is 0. The van der Waals surface area contributed by atoms with Gasteiger partial charge in [0.2, 0.25) is 10.0 Å². The minimum absolute atomic E-state index is 0.255. The van der Waals surface area contributed by atoms with Crippen molar-refractivity contribution in [3.8, 4) is 0 Å². The molecule has 4 nitrogen and oxygen atoms in total. The molecule has 130 valence electrons. The first-order valence-corrected chi connectivity index (χ1v) is 9.08. The molecule has 23 heavy (non-hydrogen) atoms. The molecule has 0 bridgehead atoms. The van der Waals surface area contributed by atoms with Crippen LogP contribution in [0.4, 0.5) is 13.2 Å². The van der Waals surface area contributed by atoms with Gasteiger partial charge in [0.25, 0.3) is 0 Å². The number of alkyl halides is 3. The maximum Gasteiger partial charge on any atom is 0.417 e. The Morgan fingerprint density at radius 3 is 2.39 bits per heavy atom. The van der Waals surface area contributed by atoms with Crippen molar-refractivity contribution in [3.05, 3.63) is 29.8 Å². The molecular formula is C15H21F3N2O2S. The fourth-order valence-corrected chi connectivity index (χ4v) is 4.45. The highest BCUT2D eigenvalue weighted by atomic mass is 32.2. The summed E-state index contributed by atoms with van der Waals surface area (Å²) in [5, 5.41) is 3.22. The average Bonchev–Trinajstić information content (AvgIpc) is 2.52. The second-order valence-corrected chi connectivity index (χ2v) is 7.56. The molecule has 0 amide bonds. The van der Waals surface area contributed by atoms with Gasteiger partial charge in [-0.25, -0.2) is 8.42 Å². The maximum atomic E-state index is 13.1. The molecule has 0 radical (unpaired) electrons. The lowest BCUT2D eigenvalue weighted by Crippen LogP contribution is -2.41. The SMILES string of the molecule is CCNCC1CCN(S(=O)(=O)c2ccccc2C(F)(F)F)CC1. The van der Waals surface area contributed by atoms with E-state index in [1.54, 1.807) is 0 Å². The van der Waals surface area contributed by atoms with Gasteiger partial charge in [0.15, 0.2) is 0 Å². The number of hydrogen-bond acceptors (Lipinski definition) is 3. The maximum absolute atomic E-state index is 13.1. The van der Waals surface area contributed by atoms with Crippen molar-refractivity contribution in [1.82, 2.24) is 9.62 Å². The predicted octanol–water partition coefficient (Wildman–Crippen LogP) is 2.72. The Kier molecular flexibility index (Phi) is 5.70. The van der Waals surface area contributed by atoms with Gasteiger partial charge in [0.05, 0.1) is 10.5 Å². The van der Waals surface area contributed by atoms with Gasteiger partial charge in [-0.3, -0.25) is 0 Å². The number of piperidine rings is 1. The zero-order valence-corrected chi connectivity index (χ0v) is 13.8. The molecule has 1 saturated heterocycles. The van der Waals surface area contributed by atoms with E-state index in [1.165, 1.54) is 16.4 Å². The molecular weight excluding hydrogens is 329 g/mol. The van der Waals surface area contributed by atoms with Gasteiger partial charge >= 0.3 is 6.18 Å². The molecule has 1 aliphatic rings. The molecule has 1 aliphatic heterocycles. The minimum atomic E-state index is -4.69. The van der Waals surface area contributed by atoms with Gasteiger partial charge < -0.3 is 5.32 Å². The van der Waals surface area contributed by atoms with Crippen molar-refractivity contribution < 1.29 is 21.6 Å². The molecule has 8 heteroatoms. The van der Waals surface area contributed by atoms with Crippen LogP contribution in [0.2, 0.25) is 0 Å². The van der Waals surface area contributed by atoms with Crippen LogP contribution in [-0.4, -0.2) is 38.9 Å². The monoisotopic (exact) mass is 350 g/mol. The van der Waals surface area contributed by atoms with Crippen LogP contribution in [0, 0.1) is 5.92 Å². The second-order valence-electron chi connectivity index (χ2n) is 5.65. The van der Waals surface area contributed by atoms with Crippen LogP contribution in [-0.2, 0) is 16.2 Å². The highest BCUT2D eigenvalue weighted by molar-refractivity contribution is 7.89. The zero-order valence-electron chi connectivity index (χ0n) is 12.9. The van der Waals surface area contributed by atoms with Gasteiger partial charge in [0, 0.05) is 13.1 Å². The Morgan fingerprint density at radius 2 is 1.83 bits per heavy atom. The number of rotatable bonds is 5. The summed E-state index contributed by atoms with van der Waals surface area (Å²) in [6.45, 7) is 4.16. The summed E-state index contributed by atoms with van der Waals surface area (Å²) in [7, 11) is -4.13. The van der Waals surface area contributed by atoms with Crippen LogP contribution < -0.4 is 5.32 Å². The van der Waals surface area contributed by atoms with E-state index in [-0.39, 0.29) is 13.1 Å². The Labute approximate surface area is 134 Å². The average molecular weight is 350 g/mol. The van der Waals surface area contributed by atoms with E-state index < -0.39 is 26.7 Å². The number of nitrogens with zero attached hydrogens (tertiary/aromatic N) is 1. The van der Waals surface area contributed by atoms with Crippen molar-refractivity contribution in [3.63, 3.8) is 0 Å². The van der Waals surface area contributed by atoms with Crippen molar-refractivity contribution in [2.75, 3.05) is 26.2 Å². The summed E-state index contributed by atoms with van der Waals surface area (Å²) in [5.74, 6) is 0.360. The molecule has 0 spiro atoms. The third-order valence-electron chi connectivity index (χ3n) is 4.07. The van der Waals surface area contributed by atoms with Crippen LogP contribution in [0.25, 0.3) is 0 Å². The molecule has 0 aliphatic carbocycles. The van der Waals surface area contributed by atoms with Crippen LogP contribution in [0.1, 0.15) is 25.3 Å². The quantitative estimate of drug-likeness (QED) is 0.888. The first-order valence-electron chi connectivity index (χ1n) is 7.64. The number of nitrogens with one attached hydrogen (secondary N) is 1. The smallest absolute Gasteiger partial charge is 0.317 e. The summed E-state index contributed by atoms with van der Waals surface area (Å²) in [6, 6.07) is 4.36. The Balaban J connectivity index is 2.18. The van der Waals surface area contributed by atoms with Gasteiger partial charge in [-0.1, -0.05) is 19.1 Å². The molecule has 1 N–H and O–H groups in total. The van der Waals surface area contributed by atoms with Crippen molar-refractivity contribution in [2.24, 2.45) is 5.92 Å². The number of benzene rings is 1. The Hall–Kier alpha value is -1.12. The van der Waals surface area contributed by atoms with Crippen LogP contribution in [0.3, 0.4) is 0 Å². The summed E-state index contributed by atoms with van der Waals surface area (Å²) in [4.78, 5) is -0.655. The molecule has 1 fully saturated rings. The van der Waals surface area contributed by atoms with E-state index in [4.69, 9.17) is 0 Å². The Morgan fingerprint density at radius 1 is 1.22 bits per heavy atom. The van der Waals surface area contributed by atoms with Gasteiger partial charge in [-0.05, 0) is 44.0 Å². The molecule has 0 unspecified atom stereocenters. The topological polar surface area (TPSA) is 49.4 Å². The van der Waals surface area contributed by atoms with Crippen molar-refractivity contribution >= 4 is 10.0 Å². The lowest BCUT2D eigenvalue weighted by atomic mass is 9.98. The molecule has 1 aromatic carbocycles. The van der Waals surface area contributed by atoms with E-state index in [0.29, 0.717) is 18.8 Å². The third-order valence-corrected chi connectivity index (χ3v) is 6.02. The number of halogens is 3. The predicted molar refractivity (Wildman–Crippen MR) is 81.5 cm³/mol. The van der Waals surface area contributed by atoms with Crippen molar-refractivity contribution in [1.29, 1.82) is 0 Å². The summed E-state index contributed by atoms with van der Waals surface area (Å²) in [5.41, 5.74) is -1.10.